The molecule has 0 saturated heterocycles. The highest BCUT2D eigenvalue weighted by Crippen LogP contribution is 2.32. The molecule has 5 nitrogen and oxygen atoms in total. The highest BCUT2D eigenvalue weighted by Gasteiger charge is 2.20. The Balaban J connectivity index is 1.41. The minimum Gasteiger partial charge on any atom is -0.341 e. The van der Waals surface area contributed by atoms with Crippen LogP contribution in [0.1, 0.15) is 65.8 Å². The molecule has 3 aromatic heterocycles. The lowest BCUT2D eigenvalue weighted by Gasteiger charge is -2.19. The Morgan fingerprint density at radius 3 is 2.74 bits per heavy atom. The summed E-state index contributed by atoms with van der Waals surface area (Å²) >= 11 is 1.73. The maximum atomic E-state index is 5.00. The van der Waals surface area contributed by atoms with Crippen LogP contribution in [-0.4, -0.2) is 24.3 Å². The fourth-order valence-corrected chi connectivity index (χ4v) is 5.63. The zero-order chi connectivity index (χ0) is 21.4. The Kier molecular flexibility index (Phi) is 5.48. The normalized spacial score (nSPS) is 14.9. The van der Waals surface area contributed by atoms with Crippen molar-refractivity contribution < 1.29 is 0 Å². The van der Waals surface area contributed by atoms with Gasteiger partial charge in [-0.15, -0.1) is 21.5 Å². The van der Waals surface area contributed by atoms with Crippen molar-refractivity contribution in [3.05, 3.63) is 75.4 Å². The standard InChI is InChI=1S/C25H29N5S/c1-17-14-21(19(3)30(17)18(2)20-10-6-4-7-11-20)22-16-31-25(26-22)15-24-28-27-23-12-8-5-9-13-29(23)24/h4,6-7,10-11,14,16,18H,5,8-9,12-13,15H2,1-3H3. The highest BCUT2D eigenvalue weighted by molar-refractivity contribution is 7.10. The average molecular weight is 432 g/mol. The first-order chi connectivity index (χ1) is 15.1. The summed E-state index contributed by atoms with van der Waals surface area (Å²) in [7, 11) is 0. The van der Waals surface area contributed by atoms with Crippen LogP contribution in [0.3, 0.4) is 0 Å². The van der Waals surface area contributed by atoms with Gasteiger partial charge in [0.1, 0.15) is 16.7 Å². The number of benzene rings is 1. The smallest absolute Gasteiger partial charge is 0.139 e. The second-order valence-electron chi connectivity index (χ2n) is 8.54. The Hall–Kier alpha value is -2.73. The first-order valence-electron chi connectivity index (χ1n) is 11.2. The molecule has 0 radical (unpaired) electrons. The van der Waals surface area contributed by atoms with Crippen molar-refractivity contribution in [2.45, 2.75) is 65.5 Å². The van der Waals surface area contributed by atoms with E-state index >= 15 is 0 Å². The topological polar surface area (TPSA) is 48.5 Å². The van der Waals surface area contributed by atoms with Crippen molar-refractivity contribution >= 4 is 11.3 Å². The molecule has 5 rings (SSSR count). The molecule has 31 heavy (non-hydrogen) atoms. The molecule has 1 unspecified atom stereocenters. The number of hydrogen-bond donors (Lipinski definition) is 0. The maximum Gasteiger partial charge on any atom is 0.139 e. The van der Waals surface area contributed by atoms with Crippen LogP contribution in [0.4, 0.5) is 0 Å². The van der Waals surface area contributed by atoms with E-state index in [-0.39, 0.29) is 0 Å². The van der Waals surface area contributed by atoms with E-state index in [0.29, 0.717) is 6.04 Å². The predicted molar refractivity (Wildman–Crippen MR) is 126 cm³/mol. The minimum absolute atomic E-state index is 0.291. The van der Waals surface area contributed by atoms with Crippen molar-refractivity contribution in [3.63, 3.8) is 0 Å². The predicted octanol–water partition coefficient (Wildman–Crippen LogP) is 5.75. The molecule has 0 amide bonds. The first kappa shape index (κ1) is 20.2. The van der Waals surface area contributed by atoms with Crippen LogP contribution in [0, 0.1) is 13.8 Å². The Morgan fingerprint density at radius 1 is 1.06 bits per heavy atom. The van der Waals surface area contributed by atoms with Gasteiger partial charge < -0.3 is 9.13 Å². The van der Waals surface area contributed by atoms with Crippen molar-refractivity contribution in [1.82, 2.24) is 24.3 Å². The molecule has 0 saturated carbocycles. The summed E-state index contributed by atoms with van der Waals surface area (Å²) in [4.78, 5) is 5.00. The number of aryl methyl sites for hydroxylation is 2. The van der Waals surface area contributed by atoms with E-state index in [4.69, 9.17) is 4.98 Å². The van der Waals surface area contributed by atoms with Crippen LogP contribution < -0.4 is 0 Å². The molecule has 1 atom stereocenters. The number of rotatable bonds is 5. The number of nitrogens with zero attached hydrogens (tertiary/aromatic N) is 5. The molecule has 4 heterocycles. The molecule has 0 spiro atoms. The van der Waals surface area contributed by atoms with Crippen molar-refractivity contribution in [3.8, 4) is 11.3 Å². The summed E-state index contributed by atoms with van der Waals surface area (Å²) in [5, 5.41) is 12.2. The van der Waals surface area contributed by atoms with E-state index < -0.39 is 0 Å². The van der Waals surface area contributed by atoms with Gasteiger partial charge in [-0.25, -0.2) is 4.98 Å². The van der Waals surface area contributed by atoms with E-state index in [1.807, 2.05) is 0 Å². The summed E-state index contributed by atoms with van der Waals surface area (Å²) < 4.78 is 4.74. The van der Waals surface area contributed by atoms with Gasteiger partial charge in [-0.05, 0) is 45.2 Å². The number of aromatic nitrogens is 5. The van der Waals surface area contributed by atoms with Crippen LogP contribution in [0.2, 0.25) is 0 Å². The van der Waals surface area contributed by atoms with E-state index in [2.05, 4.69) is 81.9 Å². The van der Waals surface area contributed by atoms with Crippen molar-refractivity contribution in [2.75, 3.05) is 0 Å². The molecule has 160 valence electrons. The van der Waals surface area contributed by atoms with Gasteiger partial charge >= 0.3 is 0 Å². The van der Waals surface area contributed by atoms with Gasteiger partial charge in [0.25, 0.3) is 0 Å². The molecule has 1 aliphatic rings. The lowest BCUT2D eigenvalue weighted by Crippen LogP contribution is -2.10. The molecular weight excluding hydrogens is 402 g/mol. The third-order valence-electron chi connectivity index (χ3n) is 6.48. The SMILES string of the molecule is Cc1cc(-c2csc(Cc3nnc4n3CCCCC4)n2)c(C)n1C(C)c1ccccc1. The van der Waals surface area contributed by atoms with Crippen molar-refractivity contribution in [2.24, 2.45) is 0 Å². The molecular formula is C25H29N5S. The van der Waals surface area contributed by atoms with Crippen LogP contribution in [0.25, 0.3) is 11.3 Å². The third kappa shape index (κ3) is 3.85. The van der Waals surface area contributed by atoms with Crippen LogP contribution in [0.15, 0.2) is 41.8 Å². The van der Waals surface area contributed by atoms with Crippen LogP contribution in [-0.2, 0) is 19.4 Å². The highest BCUT2D eigenvalue weighted by atomic mass is 32.1. The lowest BCUT2D eigenvalue weighted by atomic mass is 10.1. The van der Waals surface area contributed by atoms with E-state index in [1.165, 1.54) is 41.8 Å². The quantitative estimate of drug-likeness (QED) is 0.404. The summed E-state index contributed by atoms with van der Waals surface area (Å²) in [6.07, 6.45) is 5.52. The average Bonchev–Trinajstić information content (AvgIpc) is 3.42. The fourth-order valence-electron chi connectivity index (χ4n) is 4.84. The molecule has 0 aliphatic carbocycles. The number of hydrogen-bond acceptors (Lipinski definition) is 4. The third-order valence-corrected chi connectivity index (χ3v) is 7.33. The van der Waals surface area contributed by atoms with Crippen LogP contribution >= 0.6 is 11.3 Å². The zero-order valence-electron chi connectivity index (χ0n) is 18.5. The maximum absolute atomic E-state index is 5.00. The van der Waals surface area contributed by atoms with E-state index in [1.54, 1.807) is 11.3 Å². The second-order valence-corrected chi connectivity index (χ2v) is 9.48. The van der Waals surface area contributed by atoms with E-state index in [9.17, 15) is 0 Å². The fraction of sp³-hybridized carbons (Fsp3) is 0.400. The van der Waals surface area contributed by atoms with Gasteiger partial charge in [-0.2, -0.15) is 0 Å². The van der Waals surface area contributed by atoms with Gasteiger partial charge in [0.05, 0.1) is 18.2 Å². The summed E-state index contributed by atoms with van der Waals surface area (Å²) in [5.74, 6) is 2.20. The first-order valence-corrected chi connectivity index (χ1v) is 12.1. The summed E-state index contributed by atoms with van der Waals surface area (Å²) in [6, 6.07) is 13.3. The van der Waals surface area contributed by atoms with E-state index in [0.717, 1.165) is 41.7 Å². The van der Waals surface area contributed by atoms with Crippen molar-refractivity contribution in [1.29, 1.82) is 0 Å². The molecule has 0 bridgehead atoms. The Bertz CT molecular complexity index is 1180. The summed E-state index contributed by atoms with van der Waals surface area (Å²) in [5.41, 5.74) is 6.14. The number of thiazole rings is 1. The molecule has 0 N–H and O–H groups in total. The number of fused-ring (bicyclic) bond motifs is 1. The lowest BCUT2D eigenvalue weighted by molar-refractivity contribution is 0.610. The minimum atomic E-state index is 0.291. The van der Waals surface area contributed by atoms with Gasteiger partial charge in [0, 0.05) is 35.3 Å². The summed E-state index contributed by atoms with van der Waals surface area (Å²) in [6.45, 7) is 7.70. The molecule has 1 aromatic carbocycles. The van der Waals surface area contributed by atoms with Gasteiger partial charge in [0.2, 0.25) is 0 Å². The Morgan fingerprint density at radius 2 is 1.90 bits per heavy atom. The van der Waals surface area contributed by atoms with Gasteiger partial charge in [0.15, 0.2) is 0 Å². The monoisotopic (exact) mass is 431 g/mol. The largest absolute Gasteiger partial charge is 0.341 e. The molecule has 0 fully saturated rings. The molecule has 6 heteroatoms. The second kappa shape index (κ2) is 8.42. The molecule has 4 aromatic rings. The zero-order valence-corrected chi connectivity index (χ0v) is 19.3. The Labute approximate surface area is 187 Å². The van der Waals surface area contributed by atoms with Gasteiger partial charge in [-0.1, -0.05) is 36.8 Å². The molecule has 1 aliphatic heterocycles. The van der Waals surface area contributed by atoms with Gasteiger partial charge in [-0.3, -0.25) is 0 Å². The van der Waals surface area contributed by atoms with Crippen LogP contribution in [0.5, 0.6) is 0 Å².